The highest BCUT2D eigenvalue weighted by atomic mass is 32.2. The van der Waals surface area contributed by atoms with Gasteiger partial charge in [0.25, 0.3) is 10.0 Å². The lowest BCUT2D eigenvalue weighted by Crippen LogP contribution is -2.58. The van der Waals surface area contributed by atoms with Gasteiger partial charge in [0.15, 0.2) is 5.03 Å². The highest BCUT2D eigenvalue weighted by molar-refractivity contribution is 7.89. The van der Waals surface area contributed by atoms with Gasteiger partial charge in [-0.3, -0.25) is 4.90 Å². The molecule has 0 aromatic carbocycles. The number of rotatable bonds is 3. The summed E-state index contributed by atoms with van der Waals surface area (Å²) in [5.74, 6) is 0. The minimum atomic E-state index is -3.57. The molecule has 1 aliphatic heterocycles. The summed E-state index contributed by atoms with van der Waals surface area (Å²) in [6.45, 7) is 5.76. The molecule has 6 nitrogen and oxygen atoms in total. The van der Waals surface area contributed by atoms with Crippen molar-refractivity contribution in [2.75, 3.05) is 39.0 Å². The molecular weight excluding hydrogens is 276 g/mol. The number of likely N-dealkylation sites (N-methyl/N-ethyl adjacent to an activating group) is 1. The van der Waals surface area contributed by atoms with Crippen LogP contribution in [0.5, 0.6) is 0 Å². The molecule has 2 rings (SSSR count). The molecule has 0 saturated carbocycles. The Hall–Kier alpha value is -1.18. The molecule has 0 radical (unpaired) electrons. The number of hydrogen-bond donors (Lipinski definition) is 1. The van der Waals surface area contributed by atoms with Gasteiger partial charge in [0.05, 0.1) is 5.69 Å². The second-order valence-electron chi connectivity index (χ2n) is 5.68. The number of nitrogens with zero attached hydrogens (tertiary/aromatic N) is 3. The van der Waals surface area contributed by atoms with Crippen molar-refractivity contribution < 1.29 is 8.42 Å². The fraction of sp³-hybridized carbons (Fsp3) is 0.615. The van der Waals surface area contributed by atoms with Crippen LogP contribution in [0.2, 0.25) is 0 Å². The molecule has 0 bridgehead atoms. The zero-order chi connectivity index (χ0) is 15.0. The Morgan fingerprint density at radius 3 is 2.65 bits per heavy atom. The van der Waals surface area contributed by atoms with E-state index < -0.39 is 10.0 Å². The van der Waals surface area contributed by atoms with E-state index >= 15 is 0 Å². The maximum absolute atomic E-state index is 12.8. The predicted octanol–water partition coefficient (Wildman–Crippen LogP) is 0.838. The molecule has 2 heterocycles. The minimum Gasteiger partial charge on any atom is -0.386 e. The van der Waals surface area contributed by atoms with Gasteiger partial charge in [0, 0.05) is 38.4 Å². The Morgan fingerprint density at radius 2 is 2.05 bits per heavy atom. The van der Waals surface area contributed by atoms with Crippen LogP contribution in [0.4, 0.5) is 5.69 Å². The standard InChI is InChI=1S/C13H22N4O2S/c1-13(2)10-17(9-8-16(13)4)20(18,19)12-11(14-3)6-5-7-15-12/h5-7,14H,8-10H2,1-4H3. The van der Waals surface area contributed by atoms with Crippen molar-refractivity contribution in [1.29, 1.82) is 0 Å². The lowest BCUT2D eigenvalue weighted by atomic mass is 10.0. The second-order valence-corrected chi connectivity index (χ2v) is 7.53. The largest absolute Gasteiger partial charge is 0.386 e. The number of sulfonamides is 1. The van der Waals surface area contributed by atoms with Crippen LogP contribution in [0, 0.1) is 0 Å². The van der Waals surface area contributed by atoms with Crippen LogP contribution in [0.25, 0.3) is 0 Å². The molecular formula is C13H22N4O2S. The van der Waals surface area contributed by atoms with Crippen molar-refractivity contribution in [2.45, 2.75) is 24.4 Å². The number of pyridine rings is 1. The van der Waals surface area contributed by atoms with E-state index in [0.29, 0.717) is 25.3 Å². The molecule has 7 heteroatoms. The van der Waals surface area contributed by atoms with Gasteiger partial charge in [-0.2, -0.15) is 4.31 Å². The predicted molar refractivity (Wildman–Crippen MR) is 79.3 cm³/mol. The van der Waals surface area contributed by atoms with Crippen molar-refractivity contribution >= 4 is 15.7 Å². The Bertz CT molecular complexity index is 586. The molecule has 20 heavy (non-hydrogen) atoms. The summed E-state index contributed by atoms with van der Waals surface area (Å²) in [5.41, 5.74) is 0.351. The van der Waals surface area contributed by atoms with E-state index in [9.17, 15) is 8.42 Å². The first-order valence-corrected chi connectivity index (χ1v) is 8.07. The third-order valence-electron chi connectivity index (χ3n) is 3.91. The molecule has 112 valence electrons. The summed E-state index contributed by atoms with van der Waals surface area (Å²) in [6.07, 6.45) is 1.51. The van der Waals surface area contributed by atoms with Crippen molar-refractivity contribution in [2.24, 2.45) is 0 Å². The molecule has 1 aliphatic rings. The lowest BCUT2D eigenvalue weighted by Gasteiger charge is -2.44. The van der Waals surface area contributed by atoms with Gasteiger partial charge in [0.2, 0.25) is 0 Å². The summed E-state index contributed by atoms with van der Waals surface area (Å²) in [6, 6.07) is 3.44. The summed E-state index contributed by atoms with van der Waals surface area (Å²) < 4.78 is 27.1. The van der Waals surface area contributed by atoms with Gasteiger partial charge in [-0.15, -0.1) is 0 Å². The molecule has 1 aromatic heterocycles. The van der Waals surface area contributed by atoms with Gasteiger partial charge < -0.3 is 5.32 Å². The number of nitrogens with one attached hydrogen (secondary N) is 1. The third kappa shape index (κ3) is 2.65. The number of aromatic nitrogens is 1. The molecule has 1 N–H and O–H groups in total. The fourth-order valence-corrected chi connectivity index (χ4v) is 4.00. The summed E-state index contributed by atoms with van der Waals surface area (Å²) in [7, 11) is 0.150. The van der Waals surface area contributed by atoms with Crippen LogP contribution < -0.4 is 5.32 Å². The van der Waals surface area contributed by atoms with Gasteiger partial charge in [-0.05, 0) is 33.0 Å². The van der Waals surface area contributed by atoms with E-state index in [4.69, 9.17) is 0 Å². The zero-order valence-electron chi connectivity index (χ0n) is 12.4. The monoisotopic (exact) mass is 298 g/mol. The van der Waals surface area contributed by atoms with E-state index in [1.54, 1.807) is 19.2 Å². The number of anilines is 1. The smallest absolute Gasteiger partial charge is 0.262 e. The van der Waals surface area contributed by atoms with E-state index in [0.717, 1.165) is 0 Å². The Morgan fingerprint density at radius 1 is 1.35 bits per heavy atom. The van der Waals surface area contributed by atoms with Crippen LogP contribution in [-0.4, -0.2) is 61.9 Å². The molecule has 0 atom stereocenters. The minimum absolute atomic E-state index is 0.0999. The SMILES string of the molecule is CNc1cccnc1S(=O)(=O)N1CCN(C)C(C)(C)C1. The first-order chi connectivity index (χ1) is 9.29. The highest BCUT2D eigenvalue weighted by Gasteiger charge is 2.38. The molecule has 1 aromatic rings. The molecule has 0 spiro atoms. The molecule has 1 fully saturated rings. The van der Waals surface area contributed by atoms with E-state index in [2.05, 4.69) is 15.2 Å². The van der Waals surface area contributed by atoms with Crippen LogP contribution in [0.3, 0.4) is 0 Å². The Labute approximate surface area is 120 Å². The summed E-state index contributed by atoms with van der Waals surface area (Å²) in [5, 5.41) is 2.99. The molecule has 1 saturated heterocycles. The maximum Gasteiger partial charge on any atom is 0.262 e. The van der Waals surface area contributed by atoms with E-state index in [1.165, 1.54) is 10.5 Å². The zero-order valence-corrected chi connectivity index (χ0v) is 13.2. The molecule has 0 aliphatic carbocycles. The summed E-state index contributed by atoms with van der Waals surface area (Å²) in [4.78, 5) is 6.23. The quantitative estimate of drug-likeness (QED) is 0.896. The average Bonchev–Trinajstić information content (AvgIpc) is 2.41. The molecule has 0 amide bonds. The van der Waals surface area contributed by atoms with Gasteiger partial charge in [-0.1, -0.05) is 0 Å². The van der Waals surface area contributed by atoms with Gasteiger partial charge in [-0.25, -0.2) is 13.4 Å². The summed E-state index contributed by atoms with van der Waals surface area (Å²) >= 11 is 0. The van der Waals surface area contributed by atoms with E-state index in [-0.39, 0.29) is 10.6 Å². The number of piperazine rings is 1. The van der Waals surface area contributed by atoms with Gasteiger partial charge in [0.1, 0.15) is 0 Å². The Kier molecular flexibility index (Phi) is 4.04. The van der Waals surface area contributed by atoms with Crippen molar-refractivity contribution in [3.05, 3.63) is 18.3 Å². The van der Waals surface area contributed by atoms with Crippen LogP contribution in [-0.2, 0) is 10.0 Å². The average molecular weight is 298 g/mol. The van der Waals surface area contributed by atoms with Crippen LogP contribution in [0.1, 0.15) is 13.8 Å². The third-order valence-corrected chi connectivity index (χ3v) is 5.71. The van der Waals surface area contributed by atoms with Gasteiger partial charge >= 0.3 is 0 Å². The van der Waals surface area contributed by atoms with E-state index in [1.807, 2.05) is 20.9 Å². The topological polar surface area (TPSA) is 65.5 Å². The maximum atomic E-state index is 12.8. The normalized spacial score (nSPS) is 20.8. The van der Waals surface area contributed by atoms with Crippen molar-refractivity contribution in [3.63, 3.8) is 0 Å². The second kappa shape index (κ2) is 5.31. The lowest BCUT2D eigenvalue weighted by molar-refractivity contribution is 0.0800. The highest BCUT2D eigenvalue weighted by Crippen LogP contribution is 2.27. The first kappa shape index (κ1) is 15.2. The van der Waals surface area contributed by atoms with Crippen molar-refractivity contribution in [3.8, 4) is 0 Å². The first-order valence-electron chi connectivity index (χ1n) is 6.63. The van der Waals surface area contributed by atoms with Crippen LogP contribution >= 0.6 is 0 Å². The van der Waals surface area contributed by atoms with Crippen LogP contribution in [0.15, 0.2) is 23.4 Å². The Balaban J connectivity index is 2.36. The molecule has 0 unspecified atom stereocenters. The fourth-order valence-electron chi connectivity index (χ4n) is 2.31. The van der Waals surface area contributed by atoms with Crippen molar-refractivity contribution in [1.82, 2.24) is 14.2 Å². The number of hydrogen-bond acceptors (Lipinski definition) is 5.